The molecule has 0 aliphatic carbocycles. The maximum Gasteiger partial charge on any atom is 0.246 e. The first-order valence-corrected chi connectivity index (χ1v) is 7.22. The van der Waals surface area contributed by atoms with E-state index in [1.54, 1.807) is 0 Å². The molecule has 0 radical (unpaired) electrons. The van der Waals surface area contributed by atoms with Crippen LogP contribution in [0.3, 0.4) is 0 Å². The highest BCUT2D eigenvalue weighted by Gasteiger charge is 2.36. The van der Waals surface area contributed by atoms with Crippen molar-refractivity contribution in [1.29, 1.82) is 0 Å². The molecule has 6 heteroatoms. The van der Waals surface area contributed by atoms with Crippen LogP contribution in [-0.4, -0.2) is 34.8 Å². The summed E-state index contributed by atoms with van der Waals surface area (Å²) in [6.07, 6.45) is 2.20. The molecular weight excluding hydrogens is 238 g/mol. The molecule has 17 heavy (non-hydrogen) atoms. The van der Waals surface area contributed by atoms with Gasteiger partial charge in [-0.25, -0.2) is 0 Å². The maximum atomic E-state index is 5.65. The number of aromatic nitrogens is 2. The van der Waals surface area contributed by atoms with Gasteiger partial charge in [-0.2, -0.15) is 16.7 Å². The van der Waals surface area contributed by atoms with Crippen molar-refractivity contribution in [1.82, 2.24) is 15.5 Å². The van der Waals surface area contributed by atoms with Crippen LogP contribution in [-0.2, 0) is 10.3 Å². The molecule has 0 amide bonds. The summed E-state index contributed by atoms with van der Waals surface area (Å²) < 4.78 is 11.0. The Morgan fingerprint density at radius 2 is 2.47 bits per heavy atom. The van der Waals surface area contributed by atoms with Crippen LogP contribution >= 0.6 is 11.8 Å². The Kier molecular flexibility index (Phi) is 3.10. The summed E-state index contributed by atoms with van der Waals surface area (Å²) in [5.74, 6) is 3.37. The van der Waals surface area contributed by atoms with Crippen LogP contribution in [0, 0.1) is 0 Å². The van der Waals surface area contributed by atoms with Crippen molar-refractivity contribution in [2.24, 2.45) is 0 Å². The number of ether oxygens (including phenoxy) is 1. The average molecular weight is 255 g/mol. The second kappa shape index (κ2) is 4.59. The molecule has 0 saturated carbocycles. The van der Waals surface area contributed by atoms with E-state index in [9.17, 15) is 0 Å². The zero-order chi connectivity index (χ0) is 11.7. The zero-order valence-corrected chi connectivity index (χ0v) is 10.8. The third kappa shape index (κ3) is 2.21. The lowest BCUT2D eigenvalue weighted by atomic mass is 10.0. The highest BCUT2D eigenvalue weighted by molar-refractivity contribution is 7.99. The van der Waals surface area contributed by atoms with E-state index in [4.69, 9.17) is 9.26 Å². The van der Waals surface area contributed by atoms with Crippen molar-refractivity contribution >= 4 is 11.8 Å². The van der Waals surface area contributed by atoms with Gasteiger partial charge < -0.3 is 14.6 Å². The van der Waals surface area contributed by atoms with Gasteiger partial charge in [0.1, 0.15) is 6.10 Å². The maximum absolute atomic E-state index is 5.65. The fourth-order valence-corrected chi connectivity index (χ4v) is 3.14. The van der Waals surface area contributed by atoms with E-state index in [2.05, 4.69) is 22.4 Å². The van der Waals surface area contributed by atoms with Gasteiger partial charge in [0.25, 0.3) is 0 Å². The first-order chi connectivity index (χ1) is 8.28. The Hall–Kier alpha value is -0.590. The minimum Gasteiger partial charge on any atom is -0.368 e. The molecule has 94 valence electrons. The summed E-state index contributed by atoms with van der Waals surface area (Å²) in [6, 6.07) is 0. The van der Waals surface area contributed by atoms with E-state index in [0.29, 0.717) is 11.7 Å². The van der Waals surface area contributed by atoms with Crippen LogP contribution in [0.1, 0.15) is 37.6 Å². The largest absolute Gasteiger partial charge is 0.368 e. The molecule has 2 saturated heterocycles. The van der Waals surface area contributed by atoms with Crippen LogP contribution in [0.2, 0.25) is 0 Å². The van der Waals surface area contributed by atoms with Crippen molar-refractivity contribution in [3.8, 4) is 0 Å². The molecule has 2 aliphatic rings. The Balaban J connectivity index is 1.77. The van der Waals surface area contributed by atoms with Crippen LogP contribution in [0.5, 0.6) is 0 Å². The van der Waals surface area contributed by atoms with Crippen molar-refractivity contribution < 1.29 is 9.26 Å². The fraction of sp³-hybridized carbons (Fsp3) is 0.818. The summed E-state index contributed by atoms with van der Waals surface area (Å²) in [5.41, 5.74) is -0.146. The van der Waals surface area contributed by atoms with Crippen molar-refractivity contribution in [3.05, 3.63) is 11.7 Å². The first kappa shape index (κ1) is 11.5. The summed E-state index contributed by atoms with van der Waals surface area (Å²) in [6.45, 7) is 3.91. The van der Waals surface area contributed by atoms with Crippen LogP contribution in [0.25, 0.3) is 0 Å². The molecule has 1 aromatic heterocycles. The van der Waals surface area contributed by atoms with Crippen LogP contribution in [0.15, 0.2) is 4.52 Å². The molecule has 2 unspecified atom stereocenters. The molecule has 3 rings (SSSR count). The minimum absolute atomic E-state index is 0.00347. The van der Waals surface area contributed by atoms with Gasteiger partial charge >= 0.3 is 0 Å². The molecular formula is C11H17N3O2S. The lowest BCUT2D eigenvalue weighted by molar-refractivity contribution is 0.0677. The summed E-state index contributed by atoms with van der Waals surface area (Å²) in [4.78, 5) is 4.51. The Morgan fingerprint density at radius 3 is 3.18 bits per heavy atom. The molecule has 3 heterocycles. The highest BCUT2D eigenvalue weighted by atomic mass is 32.2. The van der Waals surface area contributed by atoms with Gasteiger partial charge in [-0.3, -0.25) is 0 Å². The molecule has 2 aliphatic heterocycles. The second-order valence-corrected chi connectivity index (χ2v) is 5.90. The molecule has 0 spiro atoms. The quantitative estimate of drug-likeness (QED) is 0.863. The van der Waals surface area contributed by atoms with Gasteiger partial charge in [-0.05, 0) is 26.3 Å². The fourth-order valence-electron chi connectivity index (χ4n) is 2.30. The molecule has 0 aromatic carbocycles. The van der Waals surface area contributed by atoms with Gasteiger partial charge in [0.2, 0.25) is 11.7 Å². The second-order valence-electron chi connectivity index (χ2n) is 4.75. The third-order valence-corrected chi connectivity index (χ3v) is 4.38. The van der Waals surface area contributed by atoms with E-state index >= 15 is 0 Å². The minimum atomic E-state index is -0.146. The van der Waals surface area contributed by atoms with Gasteiger partial charge in [0.15, 0.2) is 0 Å². The number of hydrogen-bond acceptors (Lipinski definition) is 6. The number of hydrogen-bond donors (Lipinski definition) is 1. The van der Waals surface area contributed by atoms with E-state index in [-0.39, 0.29) is 11.6 Å². The number of thioether (sulfide) groups is 1. The van der Waals surface area contributed by atoms with E-state index < -0.39 is 0 Å². The monoisotopic (exact) mass is 255 g/mol. The molecule has 2 fully saturated rings. The number of rotatable bonds is 2. The topological polar surface area (TPSA) is 60.2 Å². The normalized spacial score (nSPS) is 34.1. The molecule has 2 atom stereocenters. The van der Waals surface area contributed by atoms with Gasteiger partial charge in [0.05, 0.1) is 12.1 Å². The third-order valence-electron chi connectivity index (χ3n) is 3.39. The van der Waals surface area contributed by atoms with E-state index in [1.807, 2.05) is 11.8 Å². The predicted molar refractivity (Wildman–Crippen MR) is 64.9 cm³/mol. The van der Waals surface area contributed by atoms with Crippen molar-refractivity contribution in [2.45, 2.75) is 31.4 Å². The van der Waals surface area contributed by atoms with E-state index in [1.165, 1.54) is 0 Å². The first-order valence-electron chi connectivity index (χ1n) is 6.06. The molecule has 1 N–H and O–H groups in total. The van der Waals surface area contributed by atoms with Crippen molar-refractivity contribution in [3.63, 3.8) is 0 Å². The number of nitrogens with one attached hydrogen (secondary N) is 1. The van der Waals surface area contributed by atoms with Gasteiger partial charge in [-0.15, -0.1) is 0 Å². The standard InChI is InChI=1S/C11H17N3O2S/c1-11(3-2-4-12-11)10-13-9(14-16-10)8-7-17-6-5-15-8/h8,12H,2-7H2,1H3. The number of nitrogens with zero attached hydrogens (tertiary/aromatic N) is 2. The summed E-state index contributed by atoms with van der Waals surface area (Å²) in [5, 5.41) is 7.49. The van der Waals surface area contributed by atoms with Gasteiger partial charge in [0, 0.05) is 11.5 Å². The zero-order valence-electron chi connectivity index (χ0n) is 9.94. The smallest absolute Gasteiger partial charge is 0.246 e. The Morgan fingerprint density at radius 1 is 1.53 bits per heavy atom. The van der Waals surface area contributed by atoms with Crippen LogP contribution < -0.4 is 5.32 Å². The van der Waals surface area contributed by atoms with Crippen molar-refractivity contribution in [2.75, 3.05) is 24.7 Å². The summed E-state index contributed by atoms with van der Waals surface area (Å²) >= 11 is 1.88. The molecule has 5 nitrogen and oxygen atoms in total. The molecule has 0 bridgehead atoms. The Labute approximate surface area is 105 Å². The van der Waals surface area contributed by atoms with Crippen LogP contribution in [0.4, 0.5) is 0 Å². The molecule has 1 aromatic rings. The average Bonchev–Trinajstić information content (AvgIpc) is 2.99. The lowest BCUT2D eigenvalue weighted by Crippen LogP contribution is -2.33. The van der Waals surface area contributed by atoms with E-state index in [0.717, 1.165) is 37.5 Å². The lowest BCUT2D eigenvalue weighted by Gasteiger charge is -2.20. The highest BCUT2D eigenvalue weighted by Crippen LogP contribution is 2.31. The summed E-state index contributed by atoms with van der Waals surface area (Å²) in [7, 11) is 0. The SMILES string of the molecule is CC1(c2nc(C3CSCCO3)no2)CCCN1. The Bertz CT molecular complexity index is 384. The van der Waals surface area contributed by atoms with Gasteiger partial charge in [-0.1, -0.05) is 5.16 Å². The predicted octanol–water partition coefficient (Wildman–Crippen LogP) is 1.47.